The van der Waals surface area contributed by atoms with Crippen LogP contribution in [0.2, 0.25) is 0 Å². The molecule has 0 bridgehead atoms. The van der Waals surface area contributed by atoms with Gasteiger partial charge in [-0.1, -0.05) is 18.2 Å². The van der Waals surface area contributed by atoms with Crippen LogP contribution in [0.25, 0.3) is 0 Å². The zero-order valence-corrected chi connectivity index (χ0v) is 13.2. The first-order valence-corrected chi connectivity index (χ1v) is 7.50. The van der Waals surface area contributed by atoms with Gasteiger partial charge in [0.1, 0.15) is 11.9 Å². The van der Waals surface area contributed by atoms with Crippen molar-refractivity contribution in [2.45, 2.75) is 40.3 Å². The first-order chi connectivity index (χ1) is 10.0. The predicted molar refractivity (Wildman–Crippen MR) is 83.7 cm³/mol. The smallest absolute Gasteiger partial charge is 0.125 e. The molecule has 4 heteroatoms. The lowest BCUT2D eigenvalue weighted by atomic mass is 10.1. The van der Waals surface area contributed by atoms with Crippen LogP contribution in [-0.4, -0.2) is 34.3 Å². The highest BCUT2D eigenvalue weighted by Gasteiger charge is 2.30. The fraction of sp³-hybridized carbons (Fsp3) is 0.471. The molecule has 1 aromatic heterocycles. The summed E-state index contributed by atoms with van der Waals surface area (Å²) in [5.74, 6) is 1.05. The van der Waals surface area contributed by atoms with E-state index in [1.807, 2.05) is 0 Å². The molecule has 1 N–H and O–H groups in total. The van der Waals surface area contributed by atoms with E-state index in [4.69, 9.17) is 4.74 Å². The number of hydrogen-bond donors (Lipinski definition) is 1. The van der Waals surface area contributed by atoms with Crippen LogP contribution in [0.15, 0.2) is 18.2 Å². The Kier molecular flexibility index (Phi) is 3.72. The summed E-state index contributed by atoms with van der Waals surface area (Å²) in [6.07, 6.45) is 0.303. The summed E-state index contributed by atoms with van der Waals surface area (Å²) in [6, 6.07) is 6.29. The zero-order chi connectivity index (χ0) is 15.0. The van der Waals surface area contributed by atoms with Crippen LogP contribution in [-0.2, 0) is 6.54 Å². The van der Waals surface area contributed by atoms with Gasteiger partial charge in [0.2, 0.25) is 0 Å². The van der Waals surface area contributed by atoms with Gasteiger partial charge in [-0.3, -0.25) is 10.00 Å². The number of likely N-dealkylation sites (tertiary alicyclic amines) is 1. The van der Waals surface area contributed by atoms with Crippen LogP contribution >= 0.6 is 0 Å². The van der Waals surface area contributed by atoms with E-state index in [0.717, 1.165) is 31.1 Å². The van der Waals surface area contributed by atoms with E-state index in [1.165, 1.54) is 22.4 Å². The summed E-state index contributed by atoms with van der Waals surface area (Å²) in [6.45, 7) is 11.3. The molecule has 4 nitrogen and oxygen atoms in total. The Labute approximate surface area is 126 Å². The number of aromatic amines is 1. The summed E-state index contributed by atoms with van der Waals surface area (Å²) < 4.78 is 6.16. The Bertz CT molecular complexity index is 602. The minimum absolute atomic E-state index is 0.303. The van der Waals surface area contributed by atoms with Crippen molar-refractivity contribution in [1.82, 2.24) is 15.1 Å². The Balaban J connectivity index is 1.57. The number of ether oxygens (including phenoxy) is 1. The van der Waals surface area contributed by atoms with E-state index in [0.29, 0.717) is 6.10 Å². The summed E-state index contributed by atoms with van der Waals surface area (Å²) in [5, 5.41) is 7.30. The number of rotatable bonds is 4. The average molecular weight is 285 g/mol. The molecule has 3 rings (SSSR count). The number of benzene rings is 1. The third-order valence-corrected chi connectivity index (χ3v) is 4.28. The van der Waals surface area contributed by atoms with Crippen molar-refractivity contribution in [2.75, 3.05) is 13.1 Å². The minimum atomic E-state index is 0.303. The van der Waals surface area contributed by atoms with Gasteiger partial charge in [-0.05, 0) is 38.8 Å². The van der Waals surface area contributed by atoms with Gasteiger partial charge < -0.3 is 4.74 Å². The maximum Gasteiger partial charge on any atom is 0.125 e. The van der Waals surface area contributed by atoms with Gasteiger partial charge in [-0.2, -0.15) is 5.10 Å². The number of nitrogens with one attached hydrogen (secondary N) is 1. The summed E-state index contributed by atoms with van der Waals surface area (Å²) in [4.78, 5) is 2.41. The van der Waals surface area contributed by atoms with Gasteiger partial charge in [0.15, 0.2) is 0 Å². The highest BCUT2D eigenvalue weighted by molar-refractivity contribution is 5.40. The van der Waals surface area contributed by atoms with E-state index < -0.39 is 0 Å². The Morgan fingerprint density at radius 1 is 1.19 bits per heavy atom. The molecule has 0 spiro atoms. The molecule has 112 valence electrons. The number of H-pyrrole nitrogens is 1. The van der Waals surface area contributed by atoms with Gasteiger partial charge in [0.05, 0.1) is 5.69 Å². The largest absolute Gasteiger partial charge is 0.487 e. The summed E-state index contributed by atoms with van der Waals surface area (Å²) in [7, 11) is 0. The maximum atomic E-state index is 6.16. The second-order valence-corrected chi connectivity index (χ2v) is 6.07. The average Bonchev–Trinajstić information content (AvgIpc) is 2.71. The second kappa shape index (κ2) is 5.53. The molecule has 0 unspecified atom stereocenters. The number of para-hydroxylation sites is 1. The van der Waals surface area contributed by atoms with Crippen molar-refractivity contribution in [1.29, 1.82) is 0 Å². The van der Waals surface area contributed by atoms with Gasteiger partial charge in [0, 0.05) is 30.9 Å². The van der Waals surface area contributed by atoms with Crippen LogP contribution in [0.1, 0.15) is 28.1 Å². The van der Waals surface area contributed by atoms with Gasteiger partial charge in [-0.15, -0.1) is 0 Å². The SMILES string of the molecule is Cc1cccc(C)c1OC1CN(Cc2c(C)n[nH]c2C)C1. The molecule has 1 saturated heterocycles. The third-order valence-electron chi connectivity index (χ3n) is 4.28. The molecule has 21 heavy (non-hydrogen) atoms. The van der Waals surface area contributed by atoms with Crippen molar-refractivity contribution in [3.8, 4) is 5.75 Å². The molecular formula is C17H23N3O. The number of hydrogen-bond acceptors (Lipinski definition) is 3. The number of nitrogens with zero attached hydrogens (tertiary/aromatic N) is 2. The first-order valence-electron chi connectivity index (χ1n) is 7.50. The summed E-state index contributed by atoms with van der Waals surface area (Å²) in [5.41, 5.74) is 6.03. The second-order valence-electron chi connectivity index (χ2n) is 6.07. The van der Waals surface area contributed by atoms with Crippen LogP contribution in [0.5, 0.6) is 5.75 Å². The third kappa shape index (κ3) is 2.81. The number of aromatic nitrogens is 2. The fourth-order valence-corrected chi connectivity index (χ4v) is 2.91. The van der Waals surface area contributed by atoms with Crippen LogP contribution < -0.4 is 4.74 Å². The predicted octanol–water partition coefficient (Wildman–Crippen LogP) is 2.91. The van der Waals surface area contributed by atoms with Crippen molar-refractivity contribution in [3.63, 3.8) is 0 Å². The summed E-state index contributed by atoms with van der Waals surface area (Å²) >= 11 is 0. The normalized spacial score (nSPS) is 16.0. The zero-order valence-electron chi connectivity index (χ0n) is 13.2. The van der Waals surface area contributed by atoms with Crippen LogP contribution in [0, 0.1) is 27.7 Å². The molecule has 0 atom stereocenters. The van der Waals surface area contributed by atoms with Crippen LogP contribution in [0.4, 0.5) is 0 Å². The standard InChI is InChI=1S/C17H23N3O/c1-11-6-5-7-12(2)17(11)21-15-8-20(9-15)10-16-13(3)18-19-14(16)4/h5-7,15H,8-10H2,1-4H3,(H,18,19). The van der Waals surface area contributed by atoms with Gasteiger partial charge in [-0.25, -0.2) is 0 Å². The first kappa shape index (κ1) is 14.1. The monoisotopic (exact) mass is 285 g/mol. The Morgan fingerprint density at radius 3 is 2.43 bits per heavy atom. The molecule has 0 amide bonds. The lowest BCUT2D eigenvalue weighted by Crippen LogP contribution is -2.53. The quantitative estimate of drug-likeness (QED) is 0.939. The molecule has 0 radical (unpaired) electrons. The van der Waals surface area contributed by atoms with E-state index in [2.05, 4.69) is 61.0 Å². The van der Waals surface area contributed by atoms with Crippen molar-refractivity contribution in [3.05, 3.63) is 46.3 Å². The minimum Gasteiger partial charge on any atom is -0.487 e. The maximum absolute atomic E-state index is 6.16. The van der Waals surface area contributed by atoms with Crippen molar-refractivity contribution >= 4 is 0 Å². The van der Waals surface area contributed by atoms with Crippen molar-refractivity contribution in [2.24, 2.45) is 0 Å². The topological polar surface area (TPSA) is 41.1 Å². The highest BCUT2D eigenvalue weighted by atomic mass is 16.5. The van der Waals surface area contributed by atoms with Crippen molar-refractivity contribution < 1.29 is 4.74 Å². The van der Waals surface area contributed by atoms with Gasteiger partial charge >= 0.3 is 0 Å². The molecule has 0 aliphatic carbocycles. The lowest BCUT2D eigenvalue weighted by molar-refractivity contribution is 0.0135. The van der Waals surface area contributed by atoms with E-state index in [9.17, 15) is 0 Å². The fourth-order valence-electron chi connectivity index (χ4n) is 2.91. The molecule has 1 aliphatic rings. The molecule has 1 fully saturated rings. The molecule has 2 aromatic rings. The number of aryl methyl sites for hydroxylation is 4. The Hall–Kier alpha value is -1.81. The van der Waals surface area contributed by atoms with E-state index in [-0.39, 0.29) is 0 Å². The molecule has 1 aliphatic heterocycles. The van der Waals surface area contributed by atoms with E-state index in [1.54, 1.807) is 0 Å². The Morgan fingerprint density at radius 2 is 1.86 bits per heavy atom. The van der Waals surface area contributed by atoms with E-state index >= 15 is 0 Å². The molecular weight excluding hydrogens is 262 g/mol. The molecule has 2 heterocycles. The lowest BCUT2D eigenvalue weighted by Gasteiger charge is -2.39. The molecule has 0 saturated carbocycles. The molecule has 1 aromatic carbocycles. The highest BCUT2D eigenvalue weighted by Crippen LogP contribution is 2.27. The van der Waals surface area contributed by atoms with Crippen LogP contribution in [0.3, 0.4) is 0 Å². The van der Waals surface area contributed by atoms with Gasteiger partial charge in [0.25, 0.3) is 0 Å².